The Labute approximate surface area is 165 Å². The zero-order chi connectivity index (χ0) is 21.3. The van der Waals surface area contributed by atoms with Crippen LogP contribution in [0.4, 0.5) is 13.2 Å². The number of alkyl halides is 3. The summed E-state index contributed by atoms with van der Waals surface area (Å²) in [6, 6.07) is 3.31. The van der Waals surface area contributed by atoms with Crippen LogP contribution in [0.15, 0.2) is 21.2 Å². The molecular weight excluding hydrogens is 389 g/mol. The van der Waals surface area contributed by atoms with E-state index in [1.807, 2.05) is 20.8 Å². The zero-order valence-corrected chi connectivity index (χ0v) is 16.7. The largest absolute Gasteiger partial charge is 0.492 e. The molecule has 1 aromatic carbocycles. The van der Waals surface area contributed by atoms with Gasteiger partial charge in [-0.2, -0.15) is 23.1 Å². The molecule has 0 aliphatic heterocycles. The van der Waals surface area contributed by atoms with Crippen LogP contribution in [0.5, 0.6) is 5.75 Å². The van der Waals surface area contributed by atoms with E-state index in [9.17, 15) is 13.2 Å². The molecule has 1 unspecified atom stereocenters. The number of rotatable bonds is 6. The van der Waals surface area contributed by atoms with Gasteiger partial charge in [0.25, 0.3) is 0 Å². The molecule has 0 saturated carbocycles. The van der Waals surface area contributed by atoms with Crippen molar-refractivity contribution in [2.45, 2.75) is 52.6 Å². The molecule has 0 bridgehead atoms. The lowest BCUT2D eigenvalue weighted by Crippen LogP contribution is -2.09. The highest BCUT2D eigenvalue weighted by atomic mass is 19.4. The monoisotopic (exact) mass is 410 g/mol. The predicted octanol–water partition coefficient (Wildman–Crippen LogP) is 5.06. The van der Waals surface area contributed by atoms with Crippen LogP contribution in [0, 0.1) is 13.8 Å². The van der Waals surface area contributed by atoms with Crippen LogP contribution >= 0.6 is 0 Å². The van der Waals surface area contributed by atoms with E-state index in [1.165, 1.54) is 0 Å². The molecule has 0 radical (unpaired) electrons. The summed E-state index contributed by atoms with van der Waals surface area (Å²) in [5.74, 6) is 0.297. The minimum absolute atomic E-state index is 0.125. The number of aromatic nitrogens is 4. The number of ether oxygens (including phenoxy) is 1. The van der Waals surface area contributed by atoms with E-state index in [2.05, 4.69) is 24.8 Å². The molecule has 0 aliphatic rings. The standard InChI is InChI=1S/C19H21F3N4O3/c1-9(2)15-23-17(28-25-15)12(5)8-27-14-10(3)6-13(7-11(14)4)16-24-18(29-26-16)19(20,21)22/h6-7,9,12H,8H2,1-5H3. The van der Waals surface area contributed by atoms with Gasteiger partial charge in [-0.1, -0.05) is 31.1 Å². The third-order valence-corrected chi connectivity index (χ3v) is 4.26. The summed E-state index contributed by atoms with van der Waals surface area (Å²) in [5.41, 5.74) is 1.89. The summed E-state index contributed by atoms with van der Waals surface area (Å²) < 4.78 is 53.5. The van der Waals surface area contributed by atoms with E-state index < -0.39 is 12.1 Å². The van der Waals surface area contributed by atoms with Gasteiger partial charge in [0.05, 0.1) is 12.5 Å². The van der Waals surface area contributed by atoms with Gasteiger partial charge < -0.3 is 13.8 Å². The van der Waals surface area contributed by atoms with Gasteiger partial charge in [-0.3, -0.25) is 0 Å². The maximum Gasteiger partial charge on any atom is 0.471 e. The SMILES string of the molecule is Cc1cc(-c2noc(C(F)(F)F)n2)cc(C)c1OCC(C)c1nc(C(C)C)no1. The Hall–Kier alpha value is -2.91. The smallest absolute Gasteiger partial charge is 0.471 e. The molecule has 0 spiro atoms. The Morgan fingerprint density at radius 2 is 1.66 bits per heavy atom. The van der Waals surface area contributed by atoms with E-state index in [1.54, 1.807) is 26.0 Å². The summed E-state index contributed by atoms with van der Waals surface area (Å²) in [4.78, 5) is 7.79. The summed E-state index contributed by atoms with van der Waals surface area (Å²) >= 11 is 0. The van der Waals surface area contributed by atoms with Gasteiger partial charge in [0.2, 0.25) is 11.7 Å². The van der Waals surface area contributed by atoms with E-state index in [4.69, 9.17) is 9.26 Å². The van der Waals surface area contributed by atoms with Crippen molar-refractivity contribution in [2.75, 3.05) is 6.61 Å². The van der Waals surface area contributed by atoms with Gasteiger partial charge in [0.15, 0.2) is 5.82 Å². The van der Waals surface area contributed by atoms with Crippen LogP contribution in [-0.4, -0.2) is 26.9 Å². The number of benzene rings is 1. The minimum Gasteiger partial charge on any atom is -0.492 e. The van der Waals surface area contributed by atoms with Gasteiger partial charge in [0.1, 0.15) is 5.75 Å². The average Bonchev–Trinajstić information content (AvgIpc) is 3.30. The molecule has 156 valence electrons. The Morgan fingerprint density at radius 1 is 1.00 bits per heavy atom. The quantitative estimate of drug-likeness (QED) is 0.561. The molecule has 7 nitrogen and oxygen atoms in total. The molecule has 0 aliphatic carbocycles. The van der Waals surface area contributed by atoms with Crippen molar-refractivity contribution in [3.05, 3.63) is 40.9 Å². The van der Waals surface area contributed by atoms with Crippen molar-refractivity contribution in [1.82, 2.24) is 20.3 Å². The molecule has 3 rings (SSSR count). The van der Waals surface area contributed by atoms with Crippen LogP contribution in [-0.2, 0) is 6.18 Å². The van der Waals surface area contributed by atoms with Crippen molar-refractivity contribution >= 4 is 0 Å². The molecule has 2 heterocycles. The lowest BCUT2D eigenvalue weighted by atomic mass is 10.0. The molecule has 0 N–H and O–H groups in total. The summed E-state index contributed by atoms with van der Waals surface area (Å²) in [5, 5.41) is 7.37. The second kappa shape index (κ2) is 7.84. The topological polar surface area (TPSA) is 87.1 Å². The molecule has 0 saturated heterocycles. The number of hydrogen-bond acceptors (Lipinski definition) is 7. The van der Waals surface area contributed by atoms with Crippen LogP contribution in [0.2, 0.25) is 0 Å². The van der Waals surface area contributed by atoms with Crippen molar-refractivity contribution in [2.24, 2.45) is 0 Å². The molecule has 0 amide bonds. The van der Waals surface area contributed by atoms with Crippen molar-refractivity contribution in [3.8, 4) is 17.1 Å². The molecule has 0 fully saturated rings. The summed E-state index contributed by atoms with van der Waals surface area (Å²) in [6.07, 6.45) is -4.68. The molecule has 1 atom stereocenters. The molecular formula is C19H21F3N4O3. The van der Waals surface area contributed by atoms with Gasteiger partial charge >= 0.3 is 12.1 Å². The maximum atomic E-state index is 12.7. The van der Waals surface area contributed by atoms with Crippen molar-refractivity contribution in [1.29, 1.82) is 0 Å². The molecule has 29 heavy (non-hydrogen) atoms. The highest BCUT2D eigenvalue weighted by Crippen LogP contribution is 2.33. The fourth-order valence-electron chi connectivity index (χ4n) is 2.72. The highest BCUT2D eigenvalue weighted by molar-refractivity contribution is 5.61. The first-order chi connectivity index (χ1) is 13.6. The average molecular weight is 410 g/mol. The number of hydrogen-bond donors (Lipinski definition) is 0. The predicted molar refractivity (Wildman–Crippen MR) is 96.5 cm³/mol. The zero-order valence-electron chi connectivity index (χ0n) is 16.7. The third-order valence-electron chi connectivity index (χ3n) is 4.26. The van der Waals surface area contributed by atoms with Gasteiger partial charge in [-0.05, 0) is 37.1 Å². The minimum atomic E-state index is -4.68. The van der Waals surface area contributed by atoms with Crippen LogP contribution in [0.1, 0.15) is 61.3 Å². The van der Waals surface area contributed by atoms with Gasteiger partial charge in [-0.25, -0.2) is 0 Å². The Bertz CT molecular complexity index is 972. The molecule has 2 aromatic heterocycles. The van der Waals surface area contributed by atoms with E-state index in [-0.39, 0.29) is 17.7 Å². The van der Waals surface area contributed by atoms with Crippen molar-refractivity contribution in [3.63, 3.8) is 0 Å². The fraction of sp³-hybridized carbons (Fsp3) is 0.474. The Kier molecular flexibility index (Phi) is 5.63. The molecule has 3 aromatic rings. The lowest BCUT2D eigenvalue weighted by Gasteiger charge is -2.15. The van der Waals surface area contributed by atoms with Crippen molar-refractivity contribution < 1.29 is 27.0 Å². The second-order valence-corrected chi connectivity index (χ2v) is 7.22. The number of aryl methyl sites for hydroxylation is 2. The van der Waals surface area contributed by atoms with Gasteiger partial charge in [-0.15, -0.1) is 0 Å². The summed E-state index contributed by atoms with van der Waals surface area (Å²) in [6.45, 7) is 9.77. The maximum absolute atomic E-state index is 12.7. The first-order valence-corrected chi connectivity index (χ1v) is 9.05. The number of halogens is 3. The normalized spacial score (nSPS) is 13.1. The highest BCUT2D eigenvalue weighted by Gasteiger charge is 2.38. The second-order valence-electron chi connectivity index (χ2n) is 7.22. The van der Waals surface area contributed by atoms with Gasteiger partial charge in [0, 0.05) is 11.5 Å². The van der Waals surface area contributed by atoms with Crippen LogP contribution in [0.3, 0.4) is 0 Å². The van der Waals surface area contributed by atoms with E-state index in [0.717, 1.165) is 11.1 Å². The first-order valence-electron chi connectivity index (χ1n) is 9.05. The fourth-order valence-corrected chi connectivity index (χ4v) is 2.72. The van der Waals surface area contributed by atoms with E-state index in [0.29, 0.717) is 29.6 Å². The van der Waals surface area contributed by atoms with E-state index >= 15 is 0 Å². The third kappa shape index (κ3) is 4.57. The molecule has 10 heteroatoms. The Balaban J connectivity index is 1.74. The lowest BCUT2D eigenvalue weighted by molar-refractivity contribution is -0.159. The number of nitrogens with zero attached hydrogens (tertiary/aromatic N) is 4. The Morgan fingerprint density at radius 3 is 2.17 bits per heavy atom. The van der Waals surface area contributed by atoms with Crippen LogP contribution < -0.4 is 4.74 Å². The first kappa shape index (κ1) is 20.8. The summed E-state index contributed by atoms with van der Waals surface area (Å²) in [7, 11) is 0. The van der Waals surface area contributed by atoms with Crippen LogP contribution in [0.25, 0.3) is 11.4 Å².